The monoisotopic (exact) mass is 972 g/mol. The molecule has 2 aliphatic heterocycles. The lowest BCUT2D eigenvalue weighted by Crippen LogP contribution is -2.62. The van der Waals surface area contributed by atoms with E-state index in [1.165, 1.54) is 0 Å². The van der Waals surface area contributed by atoms with Gasteiger partial charge in [0.1, 0.15) is 49.3 Å². The fourth-order valence-corrected chi connectivity index (χ4v) is 9.06. The van der Waals surface area contributed by atoms with Crippen LogP contribution in [0.1, 0.15) is 38.9 Å². The summed E-state index contributed by atoms with van der Waals surface area (Å²) in [4.78, 5) is 0. The number of hydrogen-bond acceptors (Lipinski definition) is 11. The average Bonchev–Trinajstić information content (AvgIpc) is 3.72. The Morgan fingerprint density at radius 1 is 0.347 bits per heavy atom. The zero-order valence-corrected chi connectivity index (χ0v) is 40.4. The Bertz CT molecular complexity index is 2560. The first-order chi connectivity index (χ1) is 35.6. The predicted octanol–water partition coefficient (Wildman–Crippen LogP) is 10.2. The molecule has 374 valence electrons. The lowest BCUT2D eigenvalue weighted by atomic mass is 9.97. The van der Waals surface area contributed by atoms with Gasteiger partial charge in [0.15, 0.2) is 6.29 Å². The molecule has 7 aromatic rings. The van der Waals surface area contributed by atoms with Crippen molar-refractivity contribution in [3.63, 3.8) is 0 Å². The molecule has 0 aliphatic carbocycles. The number of benzene rings is 7. The lowest BCUT2D eigenvalue weighted by molar-refractivity contribution is -0.341. The van der Waals surface area contributed by atoms with Crippen molar-refractivity contribution in [1.82, 2.24) is 0 Å². The fraction of sp³-hybridized carbons (Fsp3) is 0.311. The Hall–Kier alpha value is -5.90. The summed E-state index contributed by atoms with van der Waals surface area (Å²) in [5.41, 5.74) is 6.76. The maximum Gasteiger partial charge on any atom is 0.222 e. The molecule has 2 heterocycles. The maximum absolute atomic E-state index is 12.1. The molecule has 2 aliphatic rings. The molecule has 1 N–H and O–H groups in total. The topological polar surface area (TPSA) is 113 Å². The molecule has 9 rings (SSSR count). The van der Waals surface area contributed by atoms with Crippen LogP contribution in [0.15, 0.2) is 212 Å². The van der Waals surface area contributed by atoms with E-state index >= 15 is 0 Å². The van der Waals surface area contributed by atoms with E-state index in [0.717, 1.165) is 38.9 Å². The zero-order chi connectivity index (χ0) is 49.1. The highest BCUT2D eigenvalue weighted by atomic mass is 16.8. The molecule has 11 heteroatoms. The van der Waals surface area contributed by atoms with Gasteiger partial charge in [-0.2, -0.15) is 0 Å². The molecule has 2 saturated heterocycles. The summed E-state index contributed by atoms with van der Waals surface area (Å²) in [6.45, 7) is 1.71. The van der Waals surface area contributed by atoms with Crippen LogP contribution in [0.25, 0.3) is 0 Å². The summed E-state index contributed by atoms with van der Waals surface area (Å²) in [6.07, 6.45) is -7.18. The SMILES string of the molecule is O[C@H]1O[C@H](CO[C@@]2(COCc3ccccc3)O[C@H](COCc3ccccc3)[C@@H](OCc3ccccc3)[C@@H]2OCc2ccccc2)[C@@H](OCc2ccccc2)[C@H](OCc2ccccc2)[C@H]1OCc1ccccc1. The van der Waals surface area contributed by atoms with Crippen LogP contribution in [0.5, 0.6) is 0 Å². The molecule has 11 nitrogen and oxygen atoms in total. The Kier molecular flexibility index (Phi) is 18.9. The minimum Gasteiger partial charge on any atom is -0.374 e. The molecule has 0 amide bonds. The molecule has 72 heavy (non-hydrogen) atoms. The van der Waals surface area contributed by atoms with Gasteiger partial charge in [0.2, 0.25) is 5.79 Å². The molecule has 0 spiro atoms. The highest BCUT2D eigenvalue weighted by Gasteiger charge is 2.59. The molecule has 7 aromatic carbocycles. The second kappa shape index (κ2) is 26.7. The molecule has 0 aromatic heterocycles. The van der Waals surface area contributed by atoms with Crippen LogP contribution in [0.3, 0.4) is 0 Å². The Morgan fingerprint density at radius 2 is 0.694 bits per heavy atom. The van der Waals surface area contributed by atoms with E-state index in [-0.39, 0.29) is 59.5 Å². The van der Waals surface area contributed by atoms with Crippen LogP contribution in [0, 0.1) is 0 Å². The third kappa shape index (κ3) is 14.4. The fourth-order valence-electron chi connectivity index (χ4n) is 9.06. The van der Waals surface area contributed by atoms with Gasteiger partial charge in [-0.15, -0.1) is 0 Å². The summed E-state index contributed by atoms with van der Waals surface area (Å²) in [5, 5.41) is 12.1. The molecular formula is C61H64O11. The minimum atomic E-state index is -1.61. The van der Waals surface area contributed by atoms with E-state index < -0.39 is 54.8 Å². The number of rotatable bonds is 26. The van der Waals surface area contributed by atoms with Crippen molar-refractivity contribution in [2.45, 2.75) is 101 Å². The van der Waals surface area contributed by atoms with Gasteiger partial charge in [0, 0.05) is 0 Å². The van der Waals surface area contributed by atoms with Crippen LogP contribution in [-0.2, 0) is 93.6 Å². The van der Waals surface area contributed by atoms with Crippen LogP contribution in [0.4, 0.5) is 0 Å². The van der Waals surface area contributed by atoms with E-state index in [9.17, 15) is 5.11 Å². The number of aliphatic hydroxyl groups excluding tert-OH is 1. The first-order valence-electron chi connectivity index (χ1n) is 24.7. The Morgan fingerprint density at radius 3 is 1.12 bits per heavy atom. The second-order valence-corrected chi connectivity index (χ2v) is 18.1. The van der Waals surface area contributed by atoms with Crippen molar-refractivity contribution in [2.24, 2.45) is 0 Å². The van der Waals surface area contributed by atoms with Gasteiger partial charge in [0.05, 0.1) is 59.5 Å². The Balaban J connectivity index is 1.06. The molecular weight excluding hydrogens is 909 g/mol. The van der Waals surface area contributed by atoms with Crippen molar-refractivity contribution < 1.29 is 52.5 Å². The van der Waals surface area contributed by atoms with Crippen molar-refractivity contribution >= 4 is 0 Å². The van der Waals surface area contributed by atoms with Crippen molar-refractivity contribution in [1.29, 1.82) is 0 Å². The number of aliphatic hydroxyl groups is 1. The smallest absolute Gasteiger partial charge is 0.222 e. The first kappa shape index (κ1) is 51.0. The third-order valence-electron chi connectivity index (χ3n) is 12.8. The third-order valence-corrected chi connectivity index (χ3v) is 12.8. The van der Waals surface area contributed by atoms with Gasteiger partial charge < -0.3 is 52.5 Å². The van der Waals surface area contributed by atoms with E-state index in [1.807, 2.05) is 212 Å². The maximum atomic E-state index is 12.1. The average molecular weight is 973 g/mol. The largest absolute Gasteiger partial charge is 0.374 e. The molecule has 0 unspecified atom stereocenters. The van der Waals surface area contributed by atoms with Crippen LogP contribution >= 0.6 is 0 Å². The van der Waals surface area contributed by atoms with Gasteiger partial charge in [-0.3, -0.25) is 0 Å². The zero-order valence-electron chi connectivity index (χ0n) is 40.4. The first-order valence-corrected chi connectivity index (χ1v) is 24.7. The van der Waals surface area contributed by atoms with Crippen molar-refractivity contribution in [3.8, 4) is 0 Å². The van der Waals surface area contributed by atoms with Gasteiger partial charge in [-0.05, 0) is 38.9 Å². The standard InChI is InChI=1S/C61H64O11/c62-60-58(68-41-51-32-18-6-19-33-51)57(67-40-50-30-16-5-17-31-50)55(65-38-48-26-12-3-13-27-48)53(71-60)44-70-61(45-64-37-47-24-10-2-11-25-47)59(69-42-52-34-20-7-21-35-52)56(66-39-49-28-14-4-15-29-49)54(72-61)43-63-36-46-22-8-1-9-23-46/h1-35,53-60,62H,36-45H2/t53-,54-,55-,56-,57+,58-,59+,60+,61+/m1/s1. The molecule has 0 saturated carbocycles. The van der Waals surface area contributed by atoms with E-state index in [4.69, 9.17) is 47.4 Å². The minimum absolute atomic E-state index is 0.0662. The van der Waals surface area contributed by atoms with Crippen molar-refractivity contribution in [3.05, 3.63) is 251 Å². The van der Waals surface area contributed by atoms with E-state index in [0.29, 0.717) is 6.61 Å². The Labute approximate surface area is 423 Å². The quantitative estimate of drug-likeness (QED) is 0.0560. The number of ether oxygens (including phenoxy) is 10. The van der Waals surface area contributed by atoms with Gasteiger partial charge in [0.25, 0.3) is 0 Å². The molecule has 9 atom stereocenters. The molecule has 0 bridgehead atoms. The molecule has 0 radical (unpaired) electrons. The van der Waals surface area contributed by atoms with Crippen LogP contribution < -0.4 is 0 Å². The number of hydrogen-bond donors (Lipinski definition) is 1. The summed E-state index contributed by atoms with van der Waals surface area (Å²) in [6, 6.07) is 69.5. The predicted molar refractivity (Wildman–Crippen MR) is 272 cm³/mol. The lowest BCUT2D eigenvalue weighted by Gasteiger charge is -2.45. The van der Waals surface area contributed by atoms with E-state index in [1.54, 1.807) is 0 Å². The highest BCUT2D eigenvalue weighted by Crippen LogP contribution is 2.40. The van der Waals surface area contributed by atoms with Crippen LogP contribution in [0.2, 0.25) is 0 Å². The summed E-state index contributed by atoms with van der Waals surface area (Å²) < 4.78 is 68.3. The van der Waals surface area contributed by atoms with Crippen molar-refractivity contribution in [2.75, 3.05) is 19.8 Å². The van der Waals surface area contributed by atoms with E-state index in [2.05, 4.69) is 0 Å². The second-order valence-electron chi connectivity index (χ2n) is 18.1. The highest BCUT2D eigenvalue weighted by molar-refractivity contribution is 5.19. The van der Waals surface area contributed by atoms with Gasteiger partial charge in [-0.1, -0.05) is 212 Å². The van der Waals surface area contributed by atoms with Gasteiger partial charge >= 0.3 is 0 Å². The summed E-state index contributed by atoms with van der Waals surface area (Å²) >= 11 is 0. The normalized spacial score (nSPS) is 24.0. The summed E-state index contributed by atoms with van der Waals surface area (Å²) in [7, 11) is 0. The molecule has 2 fully saturated rings. The van der Waals surface area contributed by atoms with Gasteiger partial charge in [-0.25, -0.2) is 0 Å². The summed E-state index contributed by atoms with van der Waals surface area (Å²) in [5.74, 6) is -1.61. The van der Waals surface area contributed by atoms with Crippen LogP contribution in [-0.4, -0.2) is 79.7 Å².